The highest BCUT2D eigenvalue weighted by Crippen LogP contribution is 1.97. The molecule has 0 saturated carbocycles. The summed E-state index contributed by atoms with van der Waals surface area (Å²) in [6, 6.07) is 0. The molecule has 1 heterocycles. The first-order valence-corrected chi connectivity index (χ1v) is 8.51. The number of aryl methyl sites for hydroxylation is 1. The number of aliphatic imine (C=N–C) groups is 1. The van der Waals surface area contributed by atoms with E-state index in [-0.39, 0.29) is 24.0 Å². The van der Waals surface area contributed by atoms with Crippen LogP contribution in [0.15, 0.2) is 11.3 Å². The highest BCUT2D eigenvalue weighted by atomic mass is 127. The van der Waals surface area contributed by atoms with E-state index < -0.39 is 0 Å². The van der Waals surface area contributed by atoms with E-state index in [1.165, 1.54) is 18.6 Å². The van der Waals surface area contributed by atoms with Crippen molar-refractivity contribution in [1.29, 1.82) is 0 Å². The first kappa shape index (κ1) is 20.5. The Kier molecular flexibility index (Phi) is 12.9. The molecule has 0 aliphatic heterocycles. The van der Waals surface area contributed by atoms with Crippen molar-refractivity contribution in [2.75, 3.05) is 32.1 Å². The predicted octanol–water partition coefficient (Wildman–Crippen LogP) is 1.77. The van der Waals surface area contributed by atoms with Crippen molar-refractivity contribution < 1.29 is 0 Å². The number of halogens is 1. The van der Waals surface area contributed by atoms with Crippen molar-refractivity contribution in [2.24, 2.45) is 4.99 Å². The van der Waals surface area contributed by atoms with Crippen LogP contribution < -0.4 is 10.6 Å². The molecule has 2 N–H and O–H groups in total. The number of aromatic nitrogens is 3. The molecule has 8 heteroatoms. The van der Waals surface area contributed by atoms with Gasteiger partial charge in [0.15, 0.2) is 5.96 Å². The summed E-state index contributed by atoms with van der Waals surface area (Å²) in [5, 5.41) is 14.6. The molecule has 0 aliphatic carbocycles. The van der Waals surface area contributed by atoms with Crippen molar-refractivity contribution >= 4 is 41.7 Å². The van der Waals surface area contributed by atoms with Crippen molar-refractivity contribution in [3.63, 3.8) is 0 Å². The van der Waals surface area contributed by atoms with Gasteiger partial charge in [-0.15, -0.1) is 34.2 Å². The van der Waals surface area contributed by atoms with Crippen LogP contribution in [-0.4, -0.2) is 52.9 Å². The third-order valence-electron chi connectivity index (χ3n) is 2.95. The summed E-state index contributed by atoms with van der Waals surface area (Å²) in [6.07, 6.45) is 7.24. The number of guanidine groups is 1. The van der Waals surface area contributed by atoms with Gasteiger partial charge in [0.1, 0.15) is 12.2 Å². The second kappa shape index (κ2) is 13.2. The summed E-state index contributed by atoms with van der Waals surface area (Å²) in [6.45, 7) is 4.72. The van der Waals surface area contributed by atoms with Gasteiger partial charge in [0, 0.05) is 33.1 Å². The lowest BCUT2D eigenvalue weighted by molar-refractivity contribution is 0.630. The Morgan fingerprint density at radius 2 is 2.10 bits per heavy atom. The summed E-state index contributed by atoms with van der Waals surface area (Å²) < 4.78 is 2.07. The lowest BCUT2D eigenvalue weighted by Gasteiger charge is -2.12. The summed E-state index contributed by atoms with van der Waals surface area (Å²) >= 11 is 1.89. The minimum Gasteiger partial charge on any atom is -0.356 e. The summed E-state index contributed by atoms with van der Waals surface area (Å²) in [5.41, 5.74) is 0. The first-order valence-electron chi connectivity index (χ1n) is 7.12. The van der Waals surface area contributed by atoms with Gasteiger partial charge in [0.2, 0.25) is 0 Å². The molecule has 1 aromatic rings. The second-order valence-corrected chi connectivity index (χ2v) is 5.41. The fourth-order valence-electron chi connectivity index (χ4n) is 1.83. The first-order chi connectivity index (χ1) is 9.81. The number of thioether (sulfide) groups is 1. The van der Waals surface area contributed by atoms with Crippen LogP contribution in [0, 0.1) is 0 Å². The third kappa shape index (κ3) is 8.50. The zero-order chi connectivity index (χ0) is 14.6. The van der Waals surface area contributed by atoms with Gasteiger partial charge in [0.25, 0.3) is 0 Å². The Morgan fingerprint density at radius 1 is 1.33 bits per heavy atom. The lowest BCUT2D eigenvalue weighted by atomic mass is 10.3. The number of nitrogens with zero attached hydrogens (tertiary/aromatic N) is 4. The monoisotopic (exact) mass is 426 g/mol. The van der Waals surface area contributed by atoms with E-state index in [0.717, 1.165) is 37.8 Å². The Hall–Kier alpha value is -0.510. The molecular formula is C13H27IN6S. The molecule has 21 heavy (non-hydrogen) atoms. The molecule has 6 nitrogen and oxygen atoms in total. The van der Waals surface area contributed by atoms with Gasteiger partial charge in [-0.05, 0) is 24.9 Å². The molecule has 0 fully saturated rings. The molecule has 0 atom stereocenters. The van der Waals surface area contributed by atoms with Crippen molar-refractivity contribution in [2.45, 2.75) is 32.7 Å². The van der Waals surface area contributed by atoms with Gasteiger partial charge in [-0.1, -0.05) is 6.92 Å². The third-order valence-corrected chi connectivity index (χ3v) is 3.65. The number of hydrogen-bond donors (Lipinski definition) is 2. The Balaban J connectivity index is 0.00000400. The van der Waals surface area contributed by atoms with Crippen LogP contribution >= 0.6 is 35.7 Å². The molecule has 0 bridgehead atoms. The minimum absolute atomic E-state index is 0. The maximum Gasteiger partial charge on any atom is 0.191 e. The van der Waals surface area contributed by atoms with Crippen LogP contribution in [0.5, 0.6) is 0 Å². The van der Waals surface area contributed by atoms with Gasteiger partial charge in [-0.3, -0.25) is 4.99 Å². The fourth-order valence-corrected chi connectivity index (χ4v) is 2.33. The van der Waals surface area contributed by atoms with Crippen molar-refractivity contribution in [3.8, 4) is 0 Å². The standard InChI is InChI=1S/C13H26N6S.HI/c1-4-12-18-17-11-19(12)9-8-16-13(14-2)15-7-5-6-10-20-3;/h11H,4-10H2,1-3H3,(H2,14,15,16);1H. The maximum absolute atomic E-state index is 4.22. The molecule has 0 aromatic carbocycles. The Labute approximate surface area is 149 Å². The van der Waals surface area contributed by atoms with Crippen LogP contribution in [0.3, 0.4) is 0 Å². The highest BCUT2D eigenvalue weighted by Gasteiger charge is 2.01. The van der Waals surface area contributed by atoms with E-state index in [0.29, 0.717) is 0 Å². The van der Waals surface area contributed by atoms with Crippen LogP contribution in [-0.2, 0) is 13.0 Å². The average Bonchev–Trinajstić information content (AvgIpc) is 2.92. The summed E-state index contributed by atoms with van der Waals surface area (Å²) in [5.74, 6) is 3.10. The Morgan fingerprint density at radius 3 is 2.76 bits per heavy atom. The van der Waals surface area contributed by atoms with Gasteiger partial charge in [-0.2, -0.15) is 11.8 Å². The highest BCUT2D eigenvalue weighted by molar-refractivity contribution is 14.0. The van der Waals surface area contributed by atoms with E-state index in [9.17, 15) is 0 Å². The Bertz CT molecular complexity index is 396. The maximum atomic E-state index is 4.22. The van der Waals surface area contributed by atoms with Gasteiger partial charge in [0.05, 0.1) is 0 Å². The van der Waals surface area contributed by atoms with E-state index in [4.69, 9.17) is 0 Å². The van der Waals surface area contributed by atoms with Crippen LogP contribution in [0.1, 0.15) is 25.6 Å². The molecule has 1 rings (SSSR count). The molecule has 0 spiro atoms. The van der Waals surface area contributed by atoms with Crippen LogP contribution in [0.4, 0.5) is 0 Å². The number of rotatable bonds is 9. The number of nitrogens with one attached hydrogen (secondary N) is 2. The molecule has 1 aromatic heterocycles. The van der Waals surface area contributed by atoms with Crippen molar-refractivity contribution in [1.82, 2.24) is 25.4 Å². The lowest BCUT2D eigenvalue weighted by Crippen LogP contribution is -2.39. The topological polar surface area (TPSA) is 67.1 Å². The smallest absolute Gasteiger partial charge is 0.191 e. The molecule has 0 aliphatic rings. The molecule has 122 valence electrons. The molecular weight excluding hydrogens is 399 g/mol. The van der Waals surface area contributed by atoms with E-state index >= 15 is 0 Å². The SMILES string of the molecule is CCc1nncn1CCNC(=NC)NCCCCSC.I. The summed E-state index contributed by atoms with van der Waals surface area (Å²) in [7, 11) is 1.80. The number of unbranched alkanes of at least 4 members (excludes halogenated alkanes) is 1. The quantitative estimate of drug-likeness (QED) is 0.273. The molecule has 0 saturated heterocycles. The minimum atomic E-state index is 0. The van der Waals surface area contributed by atoms with Gasteiger partial charge < -0.3 is 15.2 Å². The second-order valence-electron chi connectivity index (χ2n) is 4.42. The number of hydrogen-bond acceptors (Lipinski definition) is 4. The van der Waals surface area contributed by atoms with Crippen LogP contribution in [0.2, 0.25) is 0 Å². The average molecular weight is 426 g/mol. The van der Waals surface area contributed by atoms with Gasteiger partial charge >= 0.3 is 0 Å². The molecule has 0 amide bonds. The zero-order valence-electron chi connectivity index (χ0n) is 13.1. The van der Waals surface area contributed by atoms with E-state index in [1.807, 2.05) is 11.8 Å². The van der Waals surface area contributed by atoms with E-state index in [1.54, 1.807) is 13.4 Å². The van der Waals surface area contributed by atoms with Crippen molar-refractivity contribution in [3.05, 3.63) is 12.2 Å². The predicted molar refractivity (Wildman–Crippen MR) is 102 cm³/mol. The largest absolute Gasteiger partial charge is 0.356 e. The van der Waals surface area contributed by atoms with E-state index in [2.05, 4.69) is 43.6 Å². The summed E-state index contributed by atoms with van der Waals surface area (Å²) in [4.78, 5) is 4.22. The molecule has 0 unspecified atom stereocenters. The fraction of sp³-hybridized carbons (Fsp3) is 0.769. The molecule has 0 radical (unpaired) electrons. The van der Waals surface area contributed by atoms with Crippen LogP contribution in [0.25, 0.3) is 0 Å². The zero-order valence-corrected chi connectivity index (χ0v) is 16.3. The van der Waals surface area contributed by atoms with Gasteiger partial charge in [-0.25, -0.2) is 0 Å². The normalized spacial score (nSPS) is 11.1.